The molecule has 0 saturated carbocycles. The SMILES string of the molecule is C=C(C)C(=O)N1CCC(c2nccnc2Oc2ccccc2Cl)CC1. The lowest BCUT2D eigenvalue weighted by Crippen LogP contribution is -2.38. The maximum Gasteiger partial charge on any atom is 0.248 e. The van der Waals surface area contributed by atoms with E-state index < -0.39 is 0 Å². The van der Waals surface area contributed by atoms with Crippen molar-refractivity contribution in [2.75, 3.05) is 13.1 Å². The van der Waals surface area contributed by atoms with E-state index >= 15 is 0 Å². The number of hydrogen-bond acceptors (Lipinski definition) is 4. The minimum Gasteiger partial charge on any atom is -0.436 e. The van der Waals surface area contributed by atoms with E-state index in [4.69, 9.17) is 16.3 Å². The second-order valence-electron chi connectivity index (χ2n) is 6.13. The number of piperidine rings is 1. The lowest BCUT2D eigenvalue weighted by Gasteiger charge is -2.32. The predicted molar refractivity (Wildman–Crippen MR) is 96.9 cm³/mol. The molecule has 1 amide bonds. The third kappa shape index (κ3) is 3.99. The van der Waals surface area contributed by atoms with Gasteiger partial charge in [0.25, 0.3) is 0 Å². The number of rotatable bonds is 4. The standard InChI is InChI=1S/C19H20ClN3O2/c1-13(2)19(24)23-11-7-14(8-12-23)17-18(22-10-9-21-17)25-16-6-4-3-5-15(16)20/h3-6,9-10,14H,1,7-8,11-12H2,2H3. The van der Waals surface area contributed by atoms with E-state index in [0.29, 0.717) is 35.3 Å². The summed E-state index contributed by atoms with van der Waals surface area (Å²) in [5, 5.41) is 0.529. The molecule has 2 aromatic rings. The predicted octanol–water partition coefficient (Wildman–Crippen LogP) is 4.20. The maximum atomic E-state index is 12.0. The van der Waals surface area contributed by atoms with Crippen molar-refractivity contribution in [3.05, 3.63) is 59.5 Å². The summed E-state index contributed by atoms with van der Waals surface area (Å²) < 4.78 is 5.91. The Hall–Kier alpha value is -2.40. The number of nitrogens with zero attached hydrogens (tertiary/aromatic N) is 3. The normalized spacial score (nSPS) is 15.0. The fraction of sp³-hybridized carbons (Fsp3) is 0.316. The van der Waals surface area contributed by atoms with E-state index in [1.54, 1.807) is 31.5 Å². The molecule has 5 nitrogen and oxygen atoms in total. The fourth-order valence-electron chi connectivity index (χ4n) is 2.95. The van der Waals surface area contributed by atoms with Crippen molar-refractivity contribution >= 4 is 17.5 Å². The van der Waals surface area contributed by atoms with E-state index in [2.05, 4.69) is 16.5 Å². The smallest absolute Gasteiger partial charge is 0.248 e. The number of carbonyl (C=O) groups excluding carboxylic acids is 1. The van der Waals surface area contributed by atoms with Gasteiger partial charge in [-0.1, -0.05) is 30.3 Å². The Labute approximate surface area is 152 Å². The zero-order valence-electron chi connectivity index (χ0n) is 14.1. The molecule has 3 rings (SSSR count). The van der Waals surface area contributed by atoms with Gasteiger partial charge in [0.05, 0.1) is 5.02 Å². The molecule has 0 spiro atoms. The Morgan fingerprint density at radius 3 is 2.60 bits per heavy atom. The largest absolute Gasteiger partial charge is 0.436 e. The quantitative estimate of drug-likeness (QED) is 0.769. The zero-order chi connectivity index (χ0) is 17.8. The number of amides is 1. The Kier molecular flexibility index (Phi) is 5.34. The van der Waals surface area contributed by atoms with Crippen LogP contribution in [0.25, 0.3) is 0 Å². The highest BCUT2D eigenvalue weighted by molar-refractivity contribution is 6.32. The first-order valence-electron chi connectivity index (χ1n) is 8.24. The first-order chi connectivity index (χ1) is 12.1. The highest BCUT2D eigenvalue weighted by atomic mass is 35.5. The summed E-state index contributed by atoms with van der Waals surface area (Å²) in [6.07, 6.45) is 4.91. The first kappa shape index (κ1) is 17.4. The van der Waals surface area contributed by atoms with Gasteiger partial charge in [0.1, 0.15) is 11.4 Å². The van der Waals surface area contributed by atoms with Gasteiger partial charge in [-0.05, 0) is 31.9 Å². The van der Waals surface area contributed by atoms with Gasteiger partial charge >= 0.3 is 0 Å². The molecule has 0 bridgehead atoms. The highest BCUT2D eigenvalue weighted by Gasteiger charge is 2.27. The van der Waals surface area contributed by atoms with Crippen molar-refractivity contribution in [3.8, 4) is 11.6 Å². The van der Waals surface area contributed by atoms with Gasteiger partial charge in [0, 0.05) is 37.0 Å². The first-order valence-corrected chi connectivity index (χ1v) is 8.62. The number of carbonyl (C=O) groups is 1. The Morgan fingerprint density at radius 2 is 1.92 bits per heavy atom. The van der Waals surface area contributed by atoms with Crippen LogP contribution in [0, 0.1) is 0 Å². The lowest BCUT2D eigenvalue weighted by molar-refractivity contribution is -0.128. The van der Waals surface area contributed by atoms with Crippen molar-refractivity contribution < 1.29 is 9.53 Å². The number of likely N-dealkylation sites (tertiary alicyclic amines) is 1. The number of para-hydroxylation sites is 1. The minimum atomic E-state index is 0.0186. The van der Waals surface area contributed by atoms with Crippen LogP contribution in [0.1, 0.15) is 31.4 Å². The molecule has 1 aliphatic heterocycles. The van der Waals surface area contributed by atoms with E-state index in [1.807, 2.05) is 17.0 Å². The number of ether oxygens (including phenoxy) is 1. The molecule has 0 atom stereocenters. The van der Waals surface area contributed by atoms with Gasteiger partial charge in [-0.15, -0.1) is 0 Å². The van der Waals surface area contributed by atoms with Crippen molar-refractivity contribution in [2.45, 2.75) is 25.7 Å². The molecule has 0 unspecified atom stereocenters. The Morgan fingerprint density at radius 1 is 1.24 bits per heavy atom. The minimum absolute atomic E-state index is 0.0186. The van der Waals surface area contributed by atoms with Crippen LogP contribution >= 0.6 is 11.6 Å². The van der Waals surface area contributed by atoms with Crippen LogP contribution in [0.5, 0.6) is 11.6 Å². The molecule has 0 aliphatic carbocycles. The van der Waals surface area contributed by atoms with Crippen molar-refractivity contribution in [2.24, 2.45) is 0 Å². The van der Waals surface area contributed by atoms with Crippen LogP contribution in [-0.2, 0) is 4.79 Å². The van der Waals surface area contributed by atoms with Crippen molar-refractivity contribution in [3.63, 3.8) is 0 Å². The third-order valence-electron chi connectivity index (χ3n) is 4.27. The molecule has 6 heteroatoms. The molecule has 0 N–H and O–H groups in total. The fourth-order valence-corrected chi connectivity index (χ4v) is 3.13. The topological polar surface area (TPSA) is 55.3 Å². The van der Waals surface area contributed by atoms with E-state index in [-0.39, 0.29) is 11.8 Å². The van der Waals surface area contributed by atoms with Gasteiger partial charge in [0.2, 0.25) is 11.8 Å². The average molecular weight is 358 g/mol. The molecular formula is C19H20ClN3O2. The average Bonchev–Trinajstić information content (AvgIpc) is 2.63. The van der Waals surface area contributed by atoms with Crippen LogP contribution in [0.15, 0.2) is 48.8 Å². The van der Waals surface area contributed by atoms with E-state index in [9.17, 15) is 4.79 Å². The lowest BCUT2D eigenvalue weighted by atomic mass is 9.93. The molecule has 1 aromatic carbocycles. The second-order valence-corrected chi connectivity index (χ2v) is 6.53. The Balaban J connectivity index is 1.75. The number of halogens is 1. The molecular weight excluding hydrogens is 338 g/mol. The van der Waals surface area contributed by atoms with Crippen molar-refractivity contribution in [1.29, 1.82) is 0 Å². The summed E-state index contributed by atoms with van der Waals surface area (Å²) in [5.41, 5.74) is 1.38. The van der Waals surface area contributed by atoms with Gasteiger partial charge < -0.3 is 9.64 Å². The molecule has 0 radical (unpaired) electrons. The summed E-state index contributed by atoms with van der Waals surface area (Å²) in [7, 11) is 0. The van der Waals surface area contributed by atoms with Crippen LogP contribution in [0.4, 0.5) is 0 Å². The molecule has 25 heavy (non-hydrogen) atoms. The third-order valence-corrected chi connectivity index (χ3v) is 4.58. The van der Waals surface area contributed by atoms with Crippen LogP contribution in [-0.4, -0.2) is 33.9 Å². The van der Waals surface area contributed by atoms with E-state index in [0.717, 1.165) is 18.5 Å². The monoisotopic (exact) mass is 357 g/mol. The van der Waals surface area contributed by atoms with Gasteiger partial charge in [-0.3, -0.25) is 9.78 Å². The molecule has 1 saturated heterocycles. The Bertz CT molecular complexity index is 786. The summed E-state index contributed by atoms with van der Waals surface area (Å²) >= 11 is 6.17. The molecule has 130 valence electrons. The number of hydrogen-bond donors (Lipinski definition) is 0. The highest BCUT2D eigenvalue weighted by Crippen LogP contribution is 2.35. The van der Waals surface area contributed by atoms with Crippen LogP contribution < -0.4 is 4.74 Å². The summed E-state index contributed by atoms with van der Waals surface area (Å²) in [6.45, 7) is 6.83. The van der Waals surface area contributed by atoms with Crippen LogP contribution in [0.3, 0.4) is 0 Å². The summed E-state index contributed by atoms with van der Waals surface area (Å²) in [5.74, 6) is 1.24. The number of benzene rings is 1. The molecule has 1 aliphatic rings. The van der Waals surface area contributed by atoms with Gasteiger partial charge in [-0.2, -0.15) is 0 Å². The van der Waals surface area contributed by atoms with Crippen molar-refractivity contribution in [1.82, 2.24) is 14.9 Å². The second kappa shape index (κ2) is 7.66. The maximum absolute atomic E-state index is 12.0. The van der Waals surface area contributed by atoms with Gasteiger partial charge in [0.15, 0.2) is 0 Å². The number of aromatic nitrogens is 2. The molecule has 2 heterocycles. The van der Waals surface area contributed by atoms with E-state index in [1.165, 1.54) is 0 Å². The zero-order valence-corrected chi connectivity index (χ0v) is 14.9. The summed E-state index contributed by atoms with van der Waals surface area (Å²) in [4.78, 5) is 22.7. The molecule has 1 aromatic heterocycles. The van der Waals surface area contributed by atoms with Crippen LogP contribution in [0.2, 0.25) is 5.02 Å². The molecule has 1 fully saturated rings. The van der Waals surface area contributed by atoms with Gasteiger partial charge in [-0.25, -0.2) is 4.98 Å². The summed E-state index contributed by atoms with van der Waals surface area (Å²) in [6, 6.07) is 7.28.